The number of hydrogen-bond donors (Lipinski definition) is 4. The predicted octanol–water partition coefficient (Wildman–Crippen LogP) is 4.50. The standard InChI is InChI=1S/C28H34N6/c1-19(33-30)28-25-10-9-22(21-11-13-34(14-12-21)24-7-2-3-8-24)16-26(25)27(18-31-28)32-23-6-4-5-20(15-23)17-29/h4-6,9-11,15-16,24,27,31-33H,2-3,7-8,12-14,18,30H2,1H3/b28-19-. The molecule has 0 radical (unpaired) electrons. The number of benzene rings is 2. The van der Waals surface area contributed by atoms with Crippen LogP contribution in [0.25, 0.3) is 11.3 Å². The van der Waals surface area contributed by atoms with Crippen LogP contribution in [0.1, 0.15) is 67.3 Å². The summed E-state index contributed by atoms with van der Waals surface area (Å²) in [5.41, 5.74) is 11.5. The van der Waals surface area contributed by atoms with Gasteiger partial charge in [0.1, 0.15) is 0 Å². The third kappa shape index (κ3) is 4.54. The van der Waals surface area contributed by atoms with Crippen molar-refractivity contribution in [3.05, 3.63) is 76.5 Å². The number of nitriles is 1. The number of hydrogen-bond acceptors (Lipinski definition) is 6. The van der Waals surface area contributed by atoms with Gasteiger partial charge in [0.15, 0.2) is 0 Å². The Balaban J connectivity index is 1.45. The zero-order valence-electron chi connectivity index (χ0n) is 19.9. The minimum atomic E-state index is 0.0809. The van der Waals surface area contributed by atoms with Crippen LogP contribution in [-0.2, 0) is 0 Å². The van der Waals surface area contributed by atoms with Crippen LogP contribution in [-0.4, -0.2) is 30.6 Å². The first kappa shape index (κ1) is 22.5. The lowest BCUT2D eigenvalue weighted by Gasteiger charge is -2.33. The summed E-state index contributed by atoms with van der Waals surface area (Å²) in [6, 6.07) is 17.6. The molecule has 1 fully saturated rings. The van der Waals surface area contributed by atoms with E-state index in [-0.39, 0.29) is 6.04 Å². The van der Waals surface area contributed by atoms with Crippen LogP contribution >= 0.6 is 0 Å². The van der Waals surface area contributed by atoms with E-state index in [0.717, 1.165) is 54.7 Å². The molecule has 3 aliphatic rings. The highest BCUT2D eigenvalue weighted by atomic mass is 15.2. The molecule has 0 spiro atoms. The minimum absolute atomic E-state index is 0.0809. The van der Waals surface area contributed by atoms with Crippen LogP contribution in [0.3, 0.4) is 0 Å². The van der Waals surface area contributed by atoms with Gasteiger partial charge in [-0.3, -0.25) is 10.7 Å². The molecule has 0 aromatic heterocycles. The zero-order chi connectivity index (χ0) is 23.5. The molecule has 2 heterocycles. The molecule has 0 saturated heterocycles. The second kappa shape index (κ2) is 9.92. The Labute approximate surface area is 202 Å². The molecule has 0 amide bonds. The average molecular weight is 455 g/mol. The second-order valence-corrected chi connectivity index (χ2v) is 9.63. The van der Waals surface area contributed by atoms with E-state index in [4.69, 9.17) is 5.84 Å². The first-order valence-corrected chi connectivity index (χ1v) is 12.4. The molecular formula is C28H34N6. The molecule has 1 unspecified atom stereocenters. The molecule has 2 aromatic carbocycles. The largest absolute Gasteiger partial charge is 0.381 e. The molecule has 2 aromatic rings. The van der Waals surface area contributed by atoms with Gasteiger partial charge in [-0.05, 0) is 67.2 Å². The molecule has 6 heteroatoms. The Morgan fingerprint density at radius 1 is 1.18 bits per heavy atom. The average Bonchev–Trinajstić information content (AvgIpc) is 3.43. The molecule has 34 heavy (non-hydrogen) atoms. The second-order valence-electron chi connectivity index (χ2n) is 9.63. The maximum absolute atomic E-state index is 9.29. The molecule has 6 nitrogen and oxygen atoms in total. The monoisotopic (exact) mass is 454 g/mol. The van der Waals surface area contributed by atoms with Gasteiger partial charge in [-0.1, -0.05) is 37.1 Å². The summed E-state index contributed by atoms with van der Waals surface area (Å²) in [4.78, 5) is 2.67. The summed E-state index contributed by atoms with van der Waals surface area (Å²) in [7, 11) is 0. The van der Waals surface area contributed by atoms with Gasteiger partial charge in [-0.15, -0.1) is 0 Å². The van der Waals surface area contributed by atoms with E-state index in [1.807, 2.05) is 31.2 Å². The summed E-state index contributed by atoms with van der Waals surface area (Å²) in [5.74, 6) is 5.75. The molecule has 5 rings (SSSR count). The van der Waals surface area contributed by atoms with E-state index in [1.54, 1.807) is 0 Å². The van der Waals surface area contributed by atoms with Crippen LogP contribution in [0, 0.1) is 11.3 Å². The van der Waals surface area contributed by atoms with E-state index in [1.165, 1.54) is 42.4 Å². The van der Waals surface area contributed by atoms with Gasteiger partial charge in [-0.25, -0.2) is 0 Å². The summed E-state index contributed by atoms with van der Waals surface area (Å²) >= 11 is 0. The lowest BCUT2D eigenvalue weighted by Crippen LogP contribution is -2.36. The van der Waals surface area contributed by atoms with Crippen molar-refractivity contribution in [3.8, 4) is 6.07 Å². The van der Waals surface area contributed by atoms with Crippen LogP contribution in [0.4, 0.5) is 5.69 Å². The van der Waals surface area contributed by atoms with Gasteiger partial charge in [0.05, 0.1) is 23.4 Å². The lowest BCUT2D eigenvalue weighted by molar-refractivity contribution is 0.219. The van der Waals surface area contributed by atoms with Crippen LogP contribution < -0.4 is 21.9 Å². The molecule has 1 aliphatic carbocycles. The number of nitrogens with two attached hydrogens (primary N) is 1. The van der Waals surface area contributed by atoms with Gasteiger partial charge < -0.3 is 16.1 Å². The van der Waals surface area contributed by atoms with Crippen molar-refractivity contribution >= 4 is 17.0 Å². The highest BCUT2D eigenvalue weighted by Crippen LogP contribution is 2.36. The van der Waals surface area contributed by atoms with E-state index in [2.05, 4.69) is 51.3 Å². The summed E-state index contributed by atoms with van der Waals surface area (Å²) in [5, 5.41) is 16.5. The first-order valence-electron chi connectivity index (χ1n) is 12.4. The summed E-state index contributed by atoms with van der Waals surface area (Å²) in [6.45, 7) is 4.93. The maximum atomic E-state index is 9.29. The predicted molar refractivity (Wildman–Crippen MR) is 138 cm³/mol. The SMILES string of the molecule is C/C(NN)=C1/NCC(Nc2cccc(C#N)c2)c2cc(C3=CCN(C4CCCC4)CC3)ccc21. The smallest absolute Gasteiger partial charge is 0.0992 e. The van der Waals surface area contributed by atoms with E-state index in [0.29, 0.717) is 5.56 Å². The molecular weight excluding hydrogens is 420 g/mol. The molecule has 1 saturated carbocycles. The first-order chi connectivity index (χ1) is 16.7. The molecule has 2 aliphatic heterocycles. The number of anilines is 1. The maximum Gasteiger partial charge on any atom is 0.0992 e. The number of allylic oxidation sites excluding steroid dienone is 1. The third-order valence-corrected chi connectivity index (χ3v) is 7.56. The fourth-order valence-electron chi connectivity index (χ4n) is 5.65. The summed E-state index contributed by atoms with van der Waals surface area (Å²) in [6.07, 6.45) is 9.03. The topological polar surface area (TPSA) is 89.1 Å². The Morgan fingerprint density at radius 2 is 2.03 bits per heavy atom. The summed E-state index contributed by atoms with van der Waals surface area (Å²) < 4.78 is 0. The van der Waals surface area contributed by atoms with Crippen molar-refractivity contribution in [1.82, 2.24) is 15.6 Å². The Hall–Kier alpha value is -3.27. The quantitative estimate of drug-likeness (QED) is 0.393. The van der Waals surface area contributed by atoms with Crippen LogP contribution in [0.5, 0.6) is 0 Å². The van der Waals surface area contributed by atoms with E-state index in [9.17, 15) is 5.26 Å². The fourth-order valence-corrected chi connectivity index (χ4v) is 5.65. The van der Waals surface area contributed by atoms with Gasteiger partial charge in [0.2, 0.25) is 0 Å². The van der Waals surface area contributed by atoms with Crippen molar-refractivity contribution < 1.29 is 0 Å². The van der Waals surface area contributed by atoms with Crippen molar-refractivity contribution in [2.24, 2.45) is 5.84 Å². The Morgan fingerprint density at radius 3 is 2.76 bits per heavy atom. The molecule has 5 N–H and O–H groups in total. The minimum Gasteiger partial charge on any atom is -0.381 e. The highest BCUT2D eigenvalue weighted by molar-refractivity contribution is 5.76. The van der Waals surface area contributed by atoms with Gasteiger partial charge >= 0.3 is 0 Å². The number of nitrogens with one attached hydrogen (secondary N) is 3. The normalized spacial score (nSPS) is 22.3. The van der Waals surface area contributed by atoms with E-state index < -0.39 is 0 Å². The number of rotatable bonds is 5. The molecule has 0 bridgehead atoms. The van der Waals surface area contributed by atoms with Crippen LogP contribution in [0.15, 0.2) is 54.2 Å². The van der Waals surface area contributed by atoms with E-state index >= 15 is 0 Å². The van der Waals surface area contributed by atoms with Crippen molar-refractivity contribution in [3.63, 3.8) is 0 Å². The van der Waals surface area contributed by atoms with Gasteiger partial charge in [0, 0.05) is 42.6 Å². The van der Waals surface area contributed by atoms with Crippen LogP contribution in [0.2, 0.25) is 0 Å². The number of nitrogens with zero attached hydrogens (tertiary/aromatic N) is 2. The van der Waals surface area contributed by atoms with Crippen molar-refractivity contribution in [2.75, 3.05) is 25.0 Å². The van der Waals surface area contributed by atoms with Gasteiger partial charge in [-0.2, -0.15) is 5.26 Å². The fraction of sp³-hybridized carbons (Fsp3) is 0.393. The third-order valence-electron chi connectivity index (χ3n) is 7.56. The Kier molecular flexibility index (Phi) is 6.57. The number of fused-ring (bicyclic) bond motifs is 1. The number of hydrazine groups is 1. The molecule has 176 valence electrons. The van der Waals surface area contributed by atoms with Gasteiger partial charge in [0.25, 0.3) is 0 Å². The Bertz CT molecular complexity index is 1150. The zero-order valence-corrected chi connectivity index (χ0v) is 19.9. The lowest BCUT2D eigenvalue weighted by atomic mass is 9.88. The highest BCUT2D eigenvalue weighted by Gasteiger charge is 2.27. The molecule has 1 atom stereocenters. The van der Waals surface area contributed by atoms with Crippen molar-refractivity contribution in [1.29, 1.82) is 5.26 Å². The van der Waals surface area contributed by atoms with Crippen molar-refractivity contribution in [2.45, 2.75) is 51.1 Å².